The maximum Gasteiger partial charge on any atom is 0.472 e. The van der Waals surface area contributed by atoms with Crippen LogP contribution in [-0.4, -0.2) is 75.2 Å². The number of phosphoric ester groups is 1. The third-order valence-corrected chi connectivity index (χ3v) is 12.1. The smallest absolute Gasteiger partial charge is 0.466 e. The first-order chi connectivity index (χ1) is 32.4. The summed E-state index contributed by atoms with van der Waals surface area (Å²) in [6.07, 6.45) is 9.98. The number of halogens is 4. The van der Waals surface area contributed by atoms with E-state index in [1.165, 1.54) is 48.3 Å². The van der Waals surface area contributed by atoms with Gasteiger partial charge in [-0.15, -0.1) is 0 Å². The number of fused-ring (bicyclic) bond motifs is 3. The van der Waals surface area contributed by atoms with E-state index in [0.717, 1.165) is 70.5 Å². The van der Waals surface area contributed by atoms with E-state index >= 15 is 0 Å². The molecule has 0 aliphatic rings. The molecule has 0 aliphatic heterocycles. The van der Waals surface area contributed by atoms with E-state index in [1.807, 2.05) is 6.07 Å². The van der Waals surface area contributed by atoms with Crippen molar-refractivity contribution in [1.29, 1.82) is 0 Å². The molecule has 68 heavy (non-hydrogen) atoms. The largest absolute Gasteiger partial charge is 0.472 e. The van der Waals surface area contributed by atoms with Crippen LogP contribution >= 0.6 is 31.0 Å². The summed E-state index contributed by atoms with van der Waals surface area (Å²) < 4.78 is 92.3. The van der Waals surface area contributed by atoms with E-state index in [-0.39, 0.29) is 73.5 Å². The number of hydrogen-bond acceptors (Lipinski definition) is 11. The van der Waals surface area contributed by atoms with Crippen molar-refractivity contribution in [2.75, 3.05) is 49.4 Å². The lowest BCUT2D eigenvalue weighted by Crippen LogP contribution is -2.34. The lowest BCUT2D eigenvalue weighted by atomic mass is 10.0. The van der Waals surface area contributed by atoms with Crippen molar-refractivity contribution in [2.45, 2.75) is 64.2 Å². The Labute approximate surface area is 401 Å². The predicted molar refractivity (Wildman–Crippen MR) is 254 cm³/mol. The van der Waals surface area contributed by atoms with Crippen LogP contribution in [0.3, 0.4) is 0 Å². The van der Waals surface area contributed by atoms with E-state index in [9.17, 15) is 41.5 Å². The number of rotatable bonds is 27. The molecule has 0 radical (unpaired) electrons. The van der Waals surface area contributed by atoms with Crippen molar-refractivity contribution in [1.82, 2.24) is 5.32 Å². The van der Waals surface area contributed by atoms with Crippen LogP contribution in [0.4, 0.5) is 20.2 Å². The number of carbonyl (C=O) groups is 1. The zero-order valence-corrected chi connectivity index (χ0v) is 40.1. The van der Waals surface area contributed by atoms with Crippen LogP contribution in [-0.2, 0) is 36.8 Å². The number of alkyl halides is 2. The molecule has 6 aromatic rings. The normalized spacial score (nSPS) is 12.5. The SMILES string of the molecule is CS(=O)(=O)Nc1ccc2oc3c(OC(F)F)ccc(C(=O)Nc4c(Cl)c[n+](Cc5ccc(C(O)CNCCCCCCOCCCCc6ccccc6)cc5OCOP(=O)(O)O)cc4Cl)c3c2c1. The number of sulfonamides is 1. The van der Waals surface area contributed by atoms with Crippen molar-refractivity contribution in [3.8, 4) is 11.5 Å². The Morgan fingerprint density at radius 1 is 0.897 bits per heavy atom. The van der Waals surface area contributed by atoms with Gasteiger partial charge in [0.05, 0.1) is 29.2 Å². The van der Waals surface area contributed by atoms with Crippen molar-refractivity contribution < 1.29 is 69.2 Å². The summed E-state index contributed by atoms with van der Waals surface area (Å²) in [5.41, 5.74) is 2.25. The molecule has 366 valence electrons. The van der Waals surface area contributed by atoms with Gasteiger partial charge in [-0.25, -0.2) is 17.5 Å². The fraction of sp³-hybridized carbons (Fsp3) is 0.348. The van der Waals surface area contributed by atoms with Crippen LogP contribution in [0.15, 0.2) is 95.7 Å². The van der Waals surface area contributed by atoms with Gasteiger partial charge in [0, 0.05) is 36.2 Å². The lowest BCUT2D eigenvalue weighted by Gasteiger charge is -2.16. The molecule has 0 fully saturated rings. The van der Waals surface area contributed by atoms with E-state index in [0.29, 0.717) is 17.7 Å². The van der Waals surface area contributed by atoms with Crippen LogP contribution in [0.1, 0.15) is 71.7 Å². The van der Waals surface area contributed by atoms with Gasteiger partial charge < -0.3 is 44.2 Å². The molecule has 2 aromatic heterocycles. The lowest BCUT2D eigenvalue weighted by molar-refractivity contribution is -0.688. The Hall–Kier alpha value is -4.92. The van der Waals surface area contributed by atoms with Crippen LogP contribution in [0.5, 0.6) is 11.5 Å². The van der Waals surface area contributed by atoms with Crippen LogP contribution in [0, 0.1) is 0 Å². The summed E-state index contributed by atoms with van der Waals surface area (Å²) in [5.74, 6) is -1.01. The van der Waals surface area contributed by atoms with Crippen molar-refractivity contribution in [3.63, 3.8) is 0 Å². The molecule has 0 spiro atoms. The molecule has 0 bridgehead atoms. The molecule has 4 aromatic carbocycles. The van der Waals surface area contributed by atoms with Crippen LogP contribution in [0.25, 0.3) is 21.9 Å². The molecule has 16 nitrogen and oxygen atoms in total. The third kappa shape index (κ3) is 15.8. The van der Waals surface area contributed by atoms with Crippen molar-refractivity contribution >= 4 is 80.3 Å². The Morgan fingerprint density at radius 3 is 2.32 bits per heavy atom. The van der Waals surface area contributed by atoms with E-state index in [1.54, 1.807) is 16.7 Å². The zero-order chi connectivity index (χ0) is 48.8. The zero-order valence-electron chi connectivity index (χ0n) is 36.8. The molecule has 0 saturated heterocycles. The van der Waals surface area contributed by atoms with Gasteiger partial charge in [-0.3, -0.25) is 9.52 Å². The summed E-state index contributed by atoms with van der Waals surface area (Å²) in [6, 6.07) is 21.8. The van der Waals surface area contributed by atoms with Gasteiger partial charge in [-0.2, -0.15) is 13.3 Å². The molecule has 1 atom stereocenters. The quantitative estimate of drug-likeness (QED) is 0.0123. The summed E-state index contributed by atoms with van der Waals surface area (Å²) >= 11 is 13.4. The Balaban J connectivity index is 1.07. The van der Waals surface area contributed by atoms with Gasteiger partial charge in [0.2, 0.25) is 10.0 Å². The number of aliphatic hydroxyl groups is 1. The number of aliphatic hydroxyl groups excluding tert-OH is 1. The first-order valence-electron chi connectivity index (χ1n) is 21.5. The number of carbonyl (C=O) groups excluding carboxylic acids is 1. The first kappa shape index (κ1) is 52.5. The molecule has 0 aliphatic carbocycles. The second-order valence-corrected chi connectivity index (χ2v) is 19.6. The first-order valence-corrected chi connectivity index (χ1v) is 25.7. The number of nitrogens with one attached hydrogen (secondary N) is 3. The van der Waals surface area contributed by atoms with Gasteiger partial charge in [0.25, 0.3) is 5.91 Å². The van der Waals surface area contributed by atoms with Gasteiger partial charge in [0.1, 0.15) is 21.4 Å². The number of benzene rings is 4. The maximum atomic E-state index is 13.9. The highest BCUT2D eigenvalue weighted by Crippen LogP contribution is 2.40. The van der Waals surface area contributed by atoms with E-state index in [2.05, 4.69) is 48.9 Å². The molecule has 22 heteroatoms. The minimum atomic E-state index is -4.89. The van der Waals surface area contributed by atoms with Gasteiger partial charge in [-0.05, 0) is 92.2 Å². The number of amides is 1. The second kappa shape index (κ2) is 24.6. The number of ether oxygens (including phenoxy) is 3. The molecule has 1 amide bonds. The molecule has 2 heterocycles. The molecule has 1 unspecified atom stereocenters. The summed E-state index contributed by atoms with van der Waals surface area (Å²) in [4.78, 5) is 32.4. The number of furan rings is 1. The van der Waals surface area contributed by atoms with E-state index in [4.69, 9.17) is 37.1 Å². The fourth-order valence-electron chi connectivity index (χ4n) is 7.32. The molecular weight excluding hydrogens is 972 g/mol. The van der Waals surface area contributed by atoms with Gasteiger partial charge in [-0.1, -0.05) is 72.4 Å². The van der Waals surface area contributed by atoms with Crippen LogP contribution in [0.2, 0.25) is 10.0 Å². The minimum Gasteiger partial charge on any atom is -0.466 e. The minimum absolute atomic E-state index is 0.0184. The summed E-state index contributed by atoms with van der Waals surface area (Å²) in [5, 5.41) is 17.1. The Bertz CT molecular complexity index is 2800. The highest BCUT2D eigenvalue weighted by molar-refractivity contribution is 7.92. The molecular formula is C46H52Cl2F2N4O12PS+. The van der Waals surface area contributed by atoms with Crippen molar-refractivity contribution in [2.24, 2.45) is 0 Å². The topological polar surface area (TPSA) is 219 Å². The third-order valence-electron chi connectivity index (χ3n) is 10.5. The Kier molecular flexibility index (Phi) is 19.0. The number of hydrogen-bond donors (Lipinski definition) is 6. The number of aryl methyl sites for hydroxylation is 1. The second-order valence-electron chi connectivity index (χ2n) is 15.8. The highest BCUT2D eigenvalue weighted by Gasteiger charge is 2.25. The molecule has 0 saturated carbocycles. The number of phosphoric acid groups is 1. The van der Waals surface area contributed by atoms with Gasteiger partial charge >= 0.3 is 14.4 Å². The average molecular weight is 1020 g/mol. The Morgan fingerprint density at radius 2 is 1.62 bits per heavy atom. The standard InChI is InChI=1S/C46H51Cl2F2N4O12PS/c1-68(60,61)53-33-16-18-39-35(24-33)42-34(17-19-40(44(42)65-39)66-46(49)50)45(56)52-43-36(47)27-54(28-37(43)48)26-32-15-14-31(23-41(32)63-29-64-67(57,58)59)38(55)25-51-20-8-2-3-9-21-62-22-10-7-13-30-11-5-4-6-12-30/h4-6,11-12,14-19,23-24,27-28,38,46,51,53,55H,2-3,7-10,13,20-22,25-26,29H2,1H3,(H2,57,58,59)/p+1. The number of aromatic nitrogens is 1. The fourth-order valence-corrected chi connectivity index (χ4v) is 8.66. The number of nitrogens with zero attached hydrogens (tertiary/aromatic N) is 1. The van der Waals surface area contributed by atoms with Crippen molar-refractivity contribution in [3.05, 3.63) is 124 Å². The molecule has 6 rings (SSSR count). The van der Waals surface area contributed by atoms with Gasteiger partial charge in [0.15, 0.2) is 37.1 Å². The van der Waals surface area contributed by atoms with E-state index < -0.39 is 43.3 Å². The average Bonchev–Trinajstić information content (AvgIpc) is 3.65. The summed E-state index contributed by atoms with van der Waals surface area (Å²) in [7, 11) is -8.60. The monoisotopic (exact) mass is 1020 g/mol. The maximum absolute atomic E-state index is 13.9. The number of unbranched alkanes of at least 4 members (excludes halogenated alkanes) is 4. The summed E-state index contributed by atoms with van der Waals surface area (Å²) in [6.45, 7) is -1.60. The predicted octanol–water partition coefficient (Wildman–Crippen LogP) is 9.12. The van der Waals surface area contributed by atoms with Crippen LogP contribution < -0.4 is 29.4 Å². The number of anilines is 2. The molecule has 6 N–H and O–H groups in total. The highest BCUT2D eigenvalue weighted by atomic mass is 35.5. The number of pyridine rings is 1.